The Hall–Kier alpha value is -2.62. The minimum Gasteiger partial charge on any atom is -0.368 e. The van der Waals surface area contributed by atoms with E-state index in [9.17, 15) is 0 Å². The van der Waals surface area contributed by atoms with Gasteiger partial charge in [-0.3, -0.25) is 0 Å². The van der Waals surface area contributed by atoms with Gasteiger partial charge >= 0.3 is 0 Å². The van der Waals surface area contributed by atoms with Gasteiger partial charge in [-0.05, 0) is 34.7 Å². The van der Waals surface area contributed by atoms with Crippen molar-refractivity contribution in [3.05, 3.63) is 48.0 Å². The molecule has 3 aromatic rings. The standard InChI is InChI=1S/C19H22N4/c1-12(2)14-7-5-6-8-15(14)13-9-10-16-17(11-13)21-19(20)22-18(16)23(3)4/h5-12H,1-4H3,(H2,20,21,22). The summed E-state index contributed by atoms with van der Waals surface area (Å²) in [5, 5.41) is 1.01. The molecule has 0 aliphatic carbocycles. The fourth-order valence-corrected chi connectivity index (χ4v) is 2.90. The van der Waals surface area contributed by atoms with Crippen LogP contribution in [0.3, 0.4) is 0 Å². The number of nitrogen functional groups attached to an aromatic ring is 1. The Labute approximate surface area is 137 Å². The van der Waals surface area contributed by atoms with Crippen LogP contribution in [-0.2, 0) is 0 Å². The topological polar surface area (TPSA) is 55.0 Å². The molecule has 23 heavy (non-hydrogen) atoms. The summed E-state index contributed by atoms with van der Waals surface area (Å²) >= 11 is 0. The van der Waals surface area contributed by atoms with Crippen LogP contribution in [0.25, 0.3) is 22.0 Å². The van der Waals surface area contributed by atoms with Gasteiger partial charge in [-0.25, -0.2) is 4.98 Å². The zero-order valence-corrected chi connectivity index (χ0v) is 14.0. The molecule has 0 saturated carbocycles. The summed E-state index contributed by atoms with van der Waals surface area (Å²) in [6.45, 7) is 4.42. The van der Waals surface area contributed by atoms with Crippen molar-refractivity contribution in [2.45, 2.75) is 19.8 Å². The van der Waals surface area contributed by atoms with E-state index in [0.717, 1.165) is 22.3 Å². The van der Waals surface area contributed by atoms with Crippen LogP contribution in [0.1, 0.15) is 25.3 Å². The van der Waals surface area contributed by atoms with Gasteiger partial charge in [-0.15, -0.1) is 0 Å². The van der Waals surface area contributed by atoms with Gasteiger partial charge in [0.05, 0.1) is 5.52 Å². The lowest BCUT2D eigenvalue weighted by Gasteiger charge is -2.16. The van der Waals surface area contributed by atoms with Gasteiger partial charge < -0.3 is 10.6 Å². The van der Waals surface area contributed by atoms with Gasteiger partial charge in [0.15, 0.2) is 0 Å². The Morgan fingerprint density at radius 1 is 1.00 bits per heavy atom. The fourth-order valence-electron chi connectivity index (χ4n) is 2.90. The van der Waals surface area contributed by atoms with E-state index in [1.165, 1.54) is 11.1 Å². The van der Waals surface area contributed by atoms with E-state index in [1.807, 2.05) is 19.0 Å². The molecule has 0 atom stereocenters. The van der Waals surface area contributed by atoms with Crippen LogP contribution >= 0.6 is 0 Å². The SMILES string of the molecule is CC(C)c1ccccc1-c1ccc2c(N(C)C)nc(N)nc2c1. The molecule has 3 rings (SSSR count). The van der Waals surface area contributed by atoms with Crippen LogP contribution < -0.4 is 10.6 Å². The van der Waals surface area contributed by atoms with Gasteiger partial charge in [0, 0.05) is 19.5 Å². The van der Waals surface area contributed by atoms with Gasteiger partial charge in [0.1, 0.15) is 5.82 Å². The Kier molecular flexibility index (Phi) is 3.90. The van der Waals surface area contributed by atoms with Crippen molar-refractivity contribution in [3.8, 4) is 11.1 Å². The molecule has 0 aliphatic heterocycles. The van der Waals surface area contributed by atoms with E-state index in [1.54, 1.807) is 0 Å². The molecule has 118 valence electrons. The highest BCUT2D eigenvalue weighted by molar-refractivity contribution is 5.93. The van der Waals surface area contributed by atoms with Gasteiger partial charge in [0.25, 0.3) is 0 Å². The monoisotopic (exact) mass is 306 g/mol. The second kappa shape index (κ2) is 5.88. The van der Waals surface area contributed by atoms with Crippen molar-refractivity contribution in [1.29, 1.82) is 0 Å². The Morgan fingerprint density at radius 2 is 1.74 bits per heavy atom. The van der Waals surface area contributed by atoms with E-state index in [4.69, 9.17) is 5.73 Å². The maximum Gasteiger partial charge on any atom is 0.222 e. The molecule has 0 unspecified atom stereocenters. The molecule has 0 spiro atoms. The average molecular weight is 306 g/mol. The Balaban J connectivity index is 2.22. The smallest absolute Gasteiger partial charge is 0.222 e. The number of benzene rings is 2. The summed E-state index contributed by atoms with van der Waals surface area (Å²) in [6, 6.07) is 14.8. The average Bonchev–Trinajstić information content (AvgIpc) is 2.53. The number of hydrogen-bond donors (Lipinski definition) is 1. The summed E-state index contributed by atoms with van der Waals surface area (Å²) < 4.78 is 0. The summed E-state index contributed by atoms with van der Waals surface area (Å²) in [5.41, 5.74) is 10.5. The van der Waals surface area contributed by atoms with Crippen molar-refractivity contribution in [1.82, 2.24) is 9.97 Å². The maximum atomic E-state index is 5.88. The second-order valence-corrected chi connectivity index (χ2v) is 6.27. The van der Waals surface area contributed by atoms with Crippen molar-refractivity contribution in [2.75, 3.05) is 24.7 Å². The van der Waals surface area contributed by atoms with Gasteiger partial charge in [-0.1, -0.05) is 44.2 Å². The molecule has 0 aliphatic rings. The molecule has 4 heteroatoms. The third kappa shape index (κ3) is 2.84. The van der Waals surface area contributed by atoms with E-state index in [0.29, 0.717) is 11.9 Å². The highest BCUT2D eigenvalue weighted by atomic mass is 15.2. The predicted molar refractivity (Wildman–Crippen MR) is 97.8 cm³/mol. The van der Waals surface area contributed by atoms with Crippen LogP contribution in [0, 0.1) is 0 Å². The predicted octanol–water partition coefficient (Wildman–Crippen LogP) is 4.07. The summed E-state index contributed by atoms with van der Waals surface area (Å²) in [6.07, 6.45) is 0. The molecule has 2 N–H and O–H groups in total. The molecule has 0 amide bonds. The zero-order chi connectivity index (χ0) is 16.6. The summed E-state index contributed by atoms with van der Waals surface area (Å²) in [7, 11) is 3.92. The zero-order valence-electron chi connectivity index (χ0n) is 14.0. The maximum absolute atomic E-state index is 5.88. The molecule has 0 radical (unpaired) electrons. The first-order valence-electron chi connectivity index (χ1n) is 7.81. The largest absolute Gasteiger partial charge is 0.368 e. The lowest BCUT2D eigenvalue weighted by atomic mass is 9.92. The normalized spacial score (nSPS) is 11.2. The number of rotatable bonds is 3. The molecule has 2 aromatic carbocycles. The molecule has 0 fully saturated rings. The highest BCUT2D eigenvalue weighted by Crippen LogP contribution is 2.32. The van der Waals surface area contributed by atoms with Crippen molar-refractivity contribution < 1.29 is 0 Å². The molecular weight excluding hydrogens is 284 g/mol. The molecule has 0 saturated heterocycles. The van der Waals surface area contributed by atoms with Crippen molar-refractivity contribution >= 4 is 22.7 Å². The van der Waals surface area contributed by atoms with E-state index < -0.39 is 0 Å². The van der Waals surface area contributed by atoms with Crippen LogP contribution in [0.5, 0.6) is 0 Å². The first-order chi connectivity index (χ1) is 11.0. The van der Waals surface area contributed by atoms with Gasteiger partial charge in [0.2, 0.25) is 5.95 Å². The van der Waals surface area contributed by atoms with E-state index in [-0.39, 0.29) is 0 Å². The quantitative estimate of drug-likeness (QED) is 0.792. The Morgan fingerprint density at radius 3 is 2.43 bits per heavy atom. The highest BCUT2D eigenvalue weighted by Gasteiger charge is 2.12. The Bertz CT molecular complexity index is 853. The van der Waals surface area contributed by atoms with Crippen molar-refractivity contribution in [2.24, 2.45) is 0 Å². The van der Waals surface area contributed by atoms with Crippen molar-refractivity contribution in [3.63, 3.8) is 0 Å². The van der Waals surface area contributed by atoms with Crippen LogP contribution in [0.4, 0.5) is 11.8 Å². The number of nitrogens with zero attached hydrogens (tertiary/aromatic N) is 3. The number of anilines is 2. The third-order valence-corrected chi connectivity index (χ3v) is 4.01. The minimum atomic E-state index is 0.301. The van der Waals surface area contributed by atoms with E-state index in [2.05, 4.69) is 66.3 Å². The van der Waals surface area contributed by atoms with Crippen LogP contribution in [0.2, 0.25) is 0 Å². The number of hydrogen-bond acceptors (Lipinski definition) is 4. The third-order valence-electron chi connectivity index (χ3n) is 4.01. The first kappa shape index (κ1) is 15.3. The lowest BCUT2D eigenvalue weighted by molar-refractivity contribution is 0.869. The van der Waals surface area contributed by atoms with E-state index >= 15 is 0 Å². The molecule has 1 heterocycles. The molecular formula is C19H22N4. The number of fused-ring (bicyclic) bond motifs is 1. The first-order valence-corrected chi connectivity index (χ1v) is 7.81. The molecule has 1 aromatic heterocycles. The molecule has 0 bridgehead atoms. The number of nitrogens with two attached hydrogens (primary N) is 1. The van der Waals surface area contributed by atoms with Crippen LogP contribution in [-0.4, -0.2) is 24.1 Å². The fraction of sp³-hybridized carbons (Fsp3) is 0.263. The summed E-state index contributed by atoms with van der Waals surface area (Å²) in [5.74, 6) is 1.61. The minimum absolute atomic E-state index is 0.301. The van der Waals surface area contributed by atoms with Gasteiger partial charge in [-0.2, -0.15) is 4.98 Å². The molecule has 4 nitrogen and oxygen atoms in total. The van der Waals surface area contributed by atoms with Crippen LogP contribution in [0.15, 0.2) is 42.5 Å². The number of aromatic nitrogens is 2. The second-order valence-electron chi connectivity index (χ2n) is 6.27. The lowest BCUT2D eigenvalue weighted by Crippen LogP contribution is -2.13. The summed E-state index contributed by atoms with van der Waals surface area (Å²) in [4.78, 5) is 10.7.